The molecule has 5 aromatic heterocycles. The second kappa shape index (κ2) is 16.3. The maximum atomic E-state index is 10.00. The summed E-state index contributed by atoms with van der Waals surface area (Å²) in [6, 6.07) is 14.1. The van der Waals surface area contributed by atoms with Crippen LogP contribution in [0.15, 0.2) is 90.1 Å². The summed E-state index contributed by atoms with van der Waals surface area (Å²) in [5.74, 6) is 1.41. The summed E-state index contributed by atoms with van der Waals surface area (Å²) in [5.41, 5.74) is 17.9. The van der Waals surface area contributed by atoms with Gasteiger partial charge in [-0.15, -0.1) is 0 Å². The number of aromatic nitrogens is 8. The van der Waals surface area contributed by atoms with Gasteiger partial charge in [0, 0.05) is 40.6 Å². The molecule has 0 saturated carbocycles. The maximum Gasteiger partial charge on any atom is 0.164 e. The van der Waals surface area contributed by atoms with E-state index in [4.69, 9.17) is 16.9 Å². The SMILES string of the molecule is C=N/C=C(\C=C/C)CNc1ncnc(N)c1C(=N)c1cc2cc(O)ccc2[nH]1.CC.CC(C)n1nc(-c2cc3c(O)cccc3[nH]2)c2c(N)ncnc21. The van der Waals surface area contributed by atoms with Crippen LogP contribution in [0.5, 0.6) is 11.5 Å². The zero-order chi connectivity index (χ0) is 38.2. The van der Waals surface area contributed by atoms with E-state index in [1.165, 1.54) is 12.7 Å². The van der Waals surface area contributed by atoms with E-state index in [0.29, 0.717) is 46.2 Å². The van der Waals surface area contributed by atoms with Crippen LogP contribution in [0.4, 0.5) is 17.5 Å². The van der Waals surface area contributed by atoms with E-state index in [0.717, 1.165) is 33.1 Å². The van der Waals surface area contributed by atoms with Crippen molar-refractivity contribution >= 4 is 62.7 Å². The Hall–Kier alpha value is -7.03. The second-order valence-corrected chi connectivity index (χ2v) is 11.8. The summed E-state index contributed by atoms with van der Waals surface area (Å²) < 4.78 is 1.83. The highest BCUT2D eigenvalue weighted by molar-refractivity contribution is 6.16. The van der Waals surface area contributed by atoms with E-state index in [-0.39, 0.29) is 29.1 Å². The van der Waals surface area contributed by atoms with Crippen molar-refractivity contribution in [3.8, 4) is 22.9 Å². The van der Waals surface area contributed by atoms with Gasteiger partial charge in [0.05, 0.1) is 28.0 Å². The topological polar surface area (TPSA) is 242 Å². The summed E-state index contributed by atoms with van der Waals surface area (Å²) in [6.45, 7) is 13.9. The number of H-pyrrole nitrogens is 2. The van der Waals surface area contributed by atoms with Crippen molar-refractivity contribution in [3.63, 3.8) is 0 Å². The number of benzene rings is 2. The van der Waals surface area contributed by atoms with Gasteiger partial charge in [-0.2, -0.15) is 5.10 Å². The summed E-state index contributed by atoms with van der Waals surface area (Å²) in [6.07, 6.45) is 8.24. The number of aromatic amines is 2. The van der Waals surface area contributed by atoms with Crippen LogP contribution >= 0.6 is 0 Å². The zero-order valence-corrected chi connectivity index (χ0v) is 30.2. The lowest BCUT2D eigenvalue weighted by Gasteiger charge is -2.13. The number of aromatic hydroxyl groups is 2. The molecule has 272 valence electrons. The molecular weight excluding hydrogens is 671 g/mol. The standard InChI is InChI=1S/C20H21N7O.C16H16N6O.C2H6/c1-3-4-12(9-23-2)10-24-20-17(19(22)25-11-26-20)18(21)16-8-13-7-14(28)5-6-15(13)27-16;1-8(2)22-16-13(15(17)18-7-19-16)14(21-22)11-6-9-10(20-11)4-3-5-12(9)23;1-2/h3-9,11,21,27-28H,2,10H2,1H3,(H3,22,24,25,26);3-8,20,23H,1-2H3,(H2,17,18,19);1-2H3/b4-3-,12-9+,21-18?;;. The van der Waals surface area contributed by atoms with Gasteiger partial charge in [0.15, 0.2) is 5.65 Å². The van der Waals surface area contributed by atoms with Crippen LogP contribution in [0.3, 0.4) is 0 Å². The maximum absolute atomic E-state index is 10.00. The zero-order valence-electron chi connectivity index (χ0n) is 30.2. The van der Waals surface area contributed by atoms with E-state index in [9.17, 15) is 10.2 Å². The molecule has 0 unspecified atom stereocenters. The average molecular weight is 714 g/mol. The molecule has 7 aromatic rings. The third-order valence-corrected chi connectivity index (χ3v) is 8.00. The number of allylic oxidation sites excluding steroid dienone is 1. The first kappa shape index (κ1) is 37.2. The predicted molar refractivity (Wildman–Crippen MR) is 214 cm³/mol. The average Bonchev–Trinajstić information content (AvgIpc) is 3.88. The van der Waals surface area contributed by atoms with Gasteiger partial charge in [-0.1, -0.05) is 32.1 Å². The van der Waals surface area contributed by atoms with Gasteiger partial charge < -0.3 is 37.0 Å². The molecule has 0 aliphatic carbocycles. The van der Waals surface area contributed by atoms with Crippen LogP contribution in [-0.2, 0) is 0 Å². The Morgan fingerprint density at radius 2 is 1.75 bits per heavy atom. The lowest BCUT2D eigenvalue weighted by atomic mass is 10.1. The highest BCUT2D eigenvalue weighted by Gasteiger charge is 2.21. The predicted octanol–water partition coefficient (Wildman–Crippen LogP) is 7.10. The minimum atomic E-state index is 0.137. The Bertz CT molecular complexity index is 2470. The van der Waals surface area contributed by atoms with Crippen LogP contribution in [0, 0.1) is 5.41 Å². The molecule has 0 radical (unpaired) electrons. The van der Waals surface area contributed by atoms with Crippen molar-refractivity contribution in [1.29, 1.82) is 5.41 Å². The molecule has 0 atom stereocenters. The van der Waals surface area contributed by atoms with Crippen LogP contribution in [0.25, 0.3) is 44.2 Å². The van der Waals surface area contributed by atoms with Gasteiger partial charge >= 0.3 is 0 Å². The van der Waals surface area contributed by atoms with E-state index < -0.39 is 0 Å². The summed E-state index contributed by atoms with van der Waals surface area (Å²) in [4.78, 5) is 26.9. The molecule has 15 heteroatoms. The third kappa shape index (κ3) is 7.83. The molecule has 0 amide bonds. The Balaban J connectivity index is 0.000000198. The van der Waals surface area contributed by atoms with Crippen LogP contribution in [-0.4, -0.2) is 68.9 Å². The fourth-order valence-corrected chi connectivity index (χ4v) is 5.64. The lowest BCUT2D eigenvalue weighted by Crippen LogP contribution is -2.15. The second-order valence-electron chi connectivity index (χ2n) is 11.8. The van der Waals surface area contributed by atoms with Crippen molar-refractivity contribution in [2.24, 2.45) is 4.99 Å². The van der Waals surface area contributed by atoms with Gasteiger partial charge in [0.1, 0.15) is 47.3 Å². The highest BCUT2D eigenvalue weighted by atomic mass is 16.3. The first-order valence-electron chi connectivity index (χ1n) is 16.9. The fourth-order valence-electron chi connectivity index (χ4n) is 5.64. The van der Waals surface area contributed by atoms with Gasteiger partial charge in [-0.3, -0.25) is 10.4 Å². The Morgan fingerprint density at radius 3 is 2.47 bits per heavy atom. The smallest absolute Gasteiger partial charge is 0.164 e. The molecule has 7 rings (SSSR count). The van der Waals surface area contributed by atoms with Crippen molar-refractivity contribution in [1.82, 2.24) is 39.7 Å². The van der Waals surface area contributed by atoms with Gasteiger partial charge in [-0.25, -0.2) is 24.6 Å². The van der Waals surface area contributed by atoms with E-state index in [1.54, 1.807) is 42.6 Å². The van der Waals surface area contributed by atoms with Gasteiger partial charge in [0.2, 0.25) is 0 Å². The molecule has 0 spiro atoms. The molecule has 0 saturated heterocycles. The van der Waals surface area contributed by atoms with E-state index in [1.807, 2.05) is 63.6 Å². The first-order chi connectivity index (χ1) is 25.6. The number of fused-ring (bicyclic) bond motifs is 3. The number of phenolic OH excluding ortho intramolecular Hbond substituents is 2. The number of nitrogens with two attached hydrogens (primary N) is 2. The molecular formula is C38H43N13O2. The lowest BCUT2D eigenvalue weighted by molar-refractivity contribution is 0.476. The Morgan fingerprint density at radius 1 is 1.00 bits per heavy atom. The fraction of sp³-hybridized carbons (Fsp3) is 0.184. The molecule has 0 fully saturated rings. The van der Waals surface area contributed by atoms with E-state index in [2.05, 4.69) is 52.0 Å². The molecule has 53 heavy (non-hydrogen) atoms. The van der Waals surface area contributed by atoms with Crippen molar-refractivity contribution in [2.75, 3.05) is 23.3 Å². The third-order valence-electron chi connectivity index (χ3n) is 8.00. The number of hydrogen-bond donors (Lipinski definition) is 8. The first-order valence-corrected chi connectivity index (χ1v) is 16.9. The summed E-state index contributed by atoms with van der Waals surface area (Å²) >= 11 is 0. The number of aliphatic imine (C=N–C) groups is 1. The van der Waals surface area contributed by atoms with Crippen molar-refractivity contribution in [3.05, 3.63) is 96.4 Å². The molecule has 15 nitrogen and oxygen atoms in total. The van der Waals surface area contributed by atoms with Gasteiger partial charge in [-0.05, 0) is 75.5 Å². The summed E-state index contributed by atoms with van der Waals surface area (Å²) in [7, 11) is 0. The van der Waals surface area contributed by atoms with E-state index >= 15 is 0 Å². The molecule has 0 aliphatic rings. The number of nitrogens with zero attached hydrogens (tertiary/aromatic N) is 7. The number of rotatable bonds is 9. The molecule has 0 aliphatic heterocycles. The Labute approximate surface area is 305 Å². The van der Waals surface area contributed by atoms with Crippen LogP contribution in [0.1, 0.15) is 51.9 Å². The Kier molecular flexibility index (Phi) is 11.5. The number of hydrogen-bond acceptors (Lipinski definition) is 12. The molecule has 10 N–H and O–H groups in total. The van der Waals surface area contributed by atoms with Crippen LogP contribution < -0.4 is 16.8 Å². The number of nitrogens with one attached hydrogen (secondary N) is 4. The molecule has 2 aromatic carbocycles. The van der Waals surface area contributed by atoms with Crippen LogP contribution in [0.2, 0.25) is 0 Å². The normalized spacial score (nSPS) is 11.5. The monoisotopic (exact) mass is 713 g/mol. The number of phenols is 2. The van der Waals surface area contributed by atoms with Crippen molar-refractivity contribution < 1.29 is 10.2 Å². The largest absolute Gasteiger partial charge is 0.508 e. The minimum Gasteiger partial charge on any atom is -0.508 e. The quantitative estimate of drug-likeness (QED) is 0.0557. The van der Waals surface area contributed by atoms with Gasteiger partial charge in [0.25, 0.3) is 0 Å². The summed E-state index contributed by atoms with van der Waals surface area (Å²) in [5, 5.41) is 38.4. The number of anilines is 3. The minimum absolute atomic E-state index is 0.137. The molecule has 5 heterocycles. The molecule has 0 bridgehead atoms. The highest BCUT2D eigenvalue weighted by Crippen LogP contribution is 2.35. The number of nitrogen functional groups attached to an aromatic ring is 2. The van der Waals surface area contributed by atoms with Crippen molar-refractivity contribution in [2.45, 2.75) is 40.7 Å².